The van der Waals surface area contributed by atoms with E-state index in [0.29, 0.717) is 6.61 Å². The second-order valence-electron chi connectivity index (χ2n) is 6.87. The highest BCUT2D eigenvalue weighted by Crippen LogP contribution is 2.30. The molecule has 0 radical (unpaired) electrons. The number of anilines is 2. The van der Waals surface area contributed by atoms with Gasteiger partial charge in [0.15, 0.2) is 0 Å². The van der Waals surface area contributed by atoms with Crippen LogP contribution in [0.1, 0.15) is 18.4 Å². The lowest BCUT2D eigenvalue weighted by atomic mass is 10.1. The molecule has 1 aromatic heterocycles. The van der Waals surface area contributed by atoms with Crippen LogP contribution in [0, 0.1) is 0 Å². The maximum atomic E-state index is 6.06. The molecule has 2 aromatic carbocycles. The first-order chi connectivity index (χ1) is 14.3. The lowest BCUT2D eigenvalue weighted by Gasteiger charge is -2.15. The van der Waals surface area contributed by atoms with Gasteiger partial charge in [-0.3, -0.25) is 5.14 Å². The lowest BCUT2D eigenvalue weighted by molar-refractivity contribution is 0.0681. The third-order valence-electron chi connectivity index (χ3n) is 4.73. The zero-order valence-corrected chi connectivity index (χ0v) is 16.9. The molecule has 2 heterocycles. The quantitative estimate of drug-likeness (QED) is 0.529. The maximum absolute atomic E-state index is 6.06. The van der Waals surface area contributed by atoms with Crippen molar-refractivity contribution in [3.05, 3.63) is 66.5 Å². The van der Waals surface area contributed by atoms with Crippen LogP contribution in [0.15, 0.2) is 60.9 Å². The summed E-state index contributed by atoms with van der Waals surface area (Å²) in [6, 6.07) is 18.0. The van der Waals surface area contributed by atoms with Gasteiger partial charge in [-0.25, -0.2) is 9.97 Å². The molecule has 1 aliphatic rings. The Morgan fingerprint density at radius 1 is 1.14 bits per heavy atom. The van der Waals surface area contributed by atoms with E-state index in [2.05, 4.69) is 27.4 Å². The van der Waals surface area contributed by atoms with E-state index in [9.17, 15) is 0 Å². The van der Waals surface area contributed by atoms with Gasteiger partial charge in [0.25, 0.3) is 0 Å². The Morgan fingerprint density at radius 3 is 2.93 bits per heavy atom. The van der Waals surface area contributed by atoms with Crippen LogP contribution in [0.2, 0.25) is 0 Å². The van der Waals surface area contributed by atoms with Gasteiger partial charge >= 0.3 is 0 Å². The van der Waals surface area contributed by atoms with E-state index in [0.717, 1.165) is 59.3 Å². The van der Waals surface area contributed by atoms with E-state index in [4.69, 9.17) is 14.6 Å². The van der Waals surface area contributed by atoms with Crippen LogP contribution in [0.5, 0.6) is 5.75 Å². The van der Waals surface area contributed by atoms with Gasteiger partial charge in [-0.1, -0.05) is 36.2 Å². The first-order valence-corrected chi connectivity index (χ1v) is 10.7. The molecule has 1 unspecified atom stereocenters. The largest absolute Gasteiger partial charge is 0.490 e. The molecule has 4 rings (SSSR count). The Kier molecular flexibility index (Phi) is 6.61. The second kappa shape index (κ2) is 9.73. The number of nitrogens with one attached hydrogen (secondary N) is 1. The lowest BCUT2D eigenvalue weighted by Crippen LogP contribution is -2.16. The minimum atomic E-state index is 0.171. The van der Waals surface area contributed by atoms with Crippen molar-refractivity contribution in [2.45, 2.75) is 24.7 Å². The third kappa shape index (κ3) is 5.26. The Bertz CT molecular complexity index is 947. The minimum Gasteiger partial charge on any atom is -0.490 e. The van der Waals surface area contributed by atoms with Gasteiger partial charge in [-0.05, 0) is 42.7 Å². The molecule has 0 spiro atoms. The Hall–Kier alpha value is -2.61. The number of rotatable bonds is 8. The predicted octanol–water partition coefficient (Wildman–Crippen LogP) is 4.55. The smallest absolute Gasteiger partial charge is 0.134 e. The first kappa shape index (κ1) is 19.7. The molecule has 6 nitrogen and oxygen atoms in total. The fourth-order valence-corrected chi connectivity index (χ4v) is 3.69. The molecule has 0 amide bonds. The van der Waals surface area contributed by atoms with E-state index in [-0.39, 0.29) is 6.10 Å². The molecule has 150 valence electrons. The third-order valence-corrected chi connectivity index (χ3v) is 5.23. The molecule has 1 saturated heterocycles. The van der Waals surface area contributed by atoms with Crippen LogP contribution in [-0.2, 0) is 10.5 Å². The fraction of sp³-hybridized carbons (Fsp3) is 0.273. The van der Waals surface area contributed by atoms with Gasteiger partial charge < -0.3 is 14.8 Å². The van der Waals surface area contributed by atoms with Crippen LogP contribution in [0.25, 0.3) is 11.3 Å². The van der Waals surface area contributed by atoms with Crippen molar-refractivity contribution in [1.29, 1.82) is 0 Å². The van der Waals surface area contributed by atoms with Crippen molar-refractivity contribution in [2.24, 2.45) is 5.14 Å². The van der Waals surface area contributed by atoms with Crippen molar-refractivity contribution in [3.63, 3.8) is 0 Å². The summed E-state index contributed by atoms with van der Waals surface area (Å²) in [6.45, 7) is 1.38. The zero-order chi connectivity index (χ0) is 19.9. The van der Waals surface area contributed by atoms with Gasteiger partial charge in [-0.2, -0.15) is 0 Å². The molecule has 0 saturated carbocycles. The molecule has 1 fully saturated rings. The number of ether oxygens (including phenoxy) is 2. The summed E-state index contributed by atoms with van der Waals surface area (Å²) in [4.78, 5) is 8.82. The maximum Gasteiger partial charge on any atom is 0.134 e. The van der Waals surface area contributed by atoms with Crippen LogP contribution >= 0.6 is 11.9 Å². The molecule has 1 aliphatic heterocycles. The highest BCUT2D eigenvalue weighted by atomic mass is 32.2. The second-order valence-corrected chi connectivity index (χ2v) is 7.49. The summed E-state index contributed by atoms with van der Waals surface area (Å²) in [5, 5.41) is 8.93. The van der Waals surface area contributed by atoms with Crippen LogP contribution in [0.4, 0.5) is 11.5 Å². The van der Waals surface area contributed by atoms with Crippen molar-refractivity contribution < 1.29 is 9.47 Å². The van der Waals surface area contributed by atoms with Gasteiger partial charge in [-0.15, -0.1) is 0 Å². The van der Waals surface area contributed by atoms with Gasteiger partial charge in [0.2, 0.25) is 0 Å². The van der Waals surface area contributed by atoms with Crippen LogP contribution in [-0.4, -0.2) is 29.3 Å². The number of nitrogens with two attached hydrogens (primary N) is 1. The van der Waals surface area contributed by atoms with Gasteiger partial charge in [0, 0.05) is 29.7 Å². The average molecular weight is 409 g/mol. The topological polar surface area (TPSA) is 82.3 Å². The number of benzene rings is 2. The number of aromatic nitrogens is 2. The van der Waals surface area contributed by atoms with E-state index < -0.39 is 0 Å². The fourth-order valence-electron chi connectivity index (χ4n) is 3.32. The minimum absolute atomic E-state index is 0.171. The molecule has 3 aromatic rings. The highest BCUT2D eigenvalue weighted by molar-refractivity contribution is 7.96. The van der Waals surface area contributed by atoms with Crippen molar-refractivity contribution >= 4 is 23.5 Å². The first-order valence-electron chi connectivity index (χ1n) is 9.65. The van der Waals surface area contributed by atoms with Crippen molar-refractivity contribution in [3.8, 4) is 17.0 Å². The van der Waals surface area contributed by atoms with E-state index in [1.165, 1.54) is 11.9 Å². The van der Waals surface area contributed by atoms with E-state index in [1.807, 2.05) is 42.5 Å². The Morgan fingerprint density at radius 2 is 2.07 bits per heavy atom. The SMILES string of the molecule is NSCc1cccc(Nc2cc(-c3ccccc3OCC3CCCO3)ncn2)c1. The molecule has 1 atom stereocenters. The van der Waals surface area contributed by atoms with E-state index in [1.54, 1.807) is 6.33 Å². The molecular weight excluding hydrogens is 384 g/mol. The molecule has 7 heteroatoms. The number of para-hydroxylation sites is 1. The molecule has 0 bridgehead atoms. The molecule has 0 aliphatic carbocycles. The molecular formula is C22H24N4O2S. The summed E-state index contributed by atoms with van der Waals surface area (Å²) in [6.07, 6.45) is 3.88. The summed E-state index contributed by atoms with van der Waals surface area (Å²) in [5.74, 6) is 2.29. The summed E-state index contributed by atoms with van der Waals surface area (Å²) in [7, 11) is 0. The monoisotopic (exact) mass is 408 g/mol. The van der Waals surface area contributed by atoms with Crippen LogP contribution in [0.3, 0.4) is 0 Å². The predicted molar refractivity (Wildman–Crippen MR) is 117 cm³/mol. The van der Waals surface area contributed by atoms with Crippen LogP contribution < -0.4 is 15.2 Å². The van der Waals surface area contributed by atoms with E-state index >= 15 is 0 Å². The summed E-state index contributed by atoms with van der Waals surface area (Å²) in [5.41, 5.74) is 3.86. The molecule has 3 N–H and O–H groups in total. The van der Waals surface area contributed by atoms with Gasteiger partial charge in [0.1, 0.15) is 24.5 Å². The highest BCUT2D eigenvalue weighted by Gasteiger charge is 2.17. The Labute approximate surface area is 175 Å². The Balaban J connectivity index is 1.52. The summed E-state index contributed by atoms with van der Waals surface area (Å²) < 4.78 is 11.7. The number of hydrogen-bond acceptors (Lipinski definition) is 7. The van der Waals surface area contributed by atoms with Crippen molar-refractivity contribution in [1.82, 2.24) is 9.97 Å². The number of nitrogens with zero attached hydrogens (tertiary/aromatic N) is 2. The molecule has 29 heavy (non-hydrogen) atoms. The standard InChI is InChI=1S/C22H24N4O2S/c23-29-14-16-5-3-6-17(11-16)26-22-12-20(24-15-25-22)19-8-1-2-9-21(19)28-13-18-7-4-10-27-18/h1-3,5-6,8-9,11-12,15,18H,4,7,10,13-14,23H2,(H,24,25,26). The summed E-state index contributed by atoms with van der Waals surface area (Å²) >= 11 is 1.31. The van der Waals surface area contributed by atoms with Crippen molar-refractivity contribution in [2.75, 3.05) is 18.5 Å². The number of hydrogen-bond donors (Lipinski definition) is 2. The normalized spacial score (nSPS) is 16.0. The zero-order valence-electron chi connectivity index (χ0n) is 16.1. The average Bonchev–Trinajstić information content (AvgIpc) is 3.27. The van der Waals surface area contributed by atoms with Gasteiger partial charge in [0.05, 0.1) is 11.8 Å².